The van der Waals surface area contributed by atoms with E-state index in [4.69, 9.17) is 10.9 Å². The maximum Gasteiger partial charge on any atom is 0.144 e. The molecular weight excluding hydrogens is 202 g/mol. The van der Waals surface area contributed by atoms with Crippen LogP contribution in [0.4, 0.5) is 0 Å². The number of oxime groups is 1. The molecule has 0 amide bonds. The second-order valence-electron chi connectivity index (χ2n) is 5.65. The van der Waals surface area contributed by atoms with Gasteiger partial charge in [-0.3, -0.25) is 0 Å². The number of nitrogens with zero attached hydrogens (tertiary/aromatic N) is 1. The van der Waals surface area contributed by atoms with Crippen LogP contribution in [0.15, 0.2) is 5.16 Å². The summed E-state index contributed by atoms with van der Waals surface area (Å²) in [6.45, 7) is 8.47. The predicted molar refractivity (Wildman–Crippen MR) is 66.6 cm³/mol. The highest BCUT2D eigenvalue weighted by Crippen LogP contribution is 2.36. The Bertz CT molecular complexity index is 251. The standard InChI is InChI=1S/C12H25N3O/c1-9-7-10(9)8-14-6-4-5-12(2,3)11(13)15-16/h9-10,14,16H,4-8H2,1-3H3,(H2,13,15). The summed E-state index contributed by atoms with van der Waals surface area (Å²) in [6.07, 6.45) is 3.38. The molecule has 2 unspecified atom stereocenters. The zero-order valence-corrected chi connectivity index (χ0v) is 10.7. The van der Waals surface area contributed by atoms with Crippen LogP contribution in [-0.4, -0.2) is 24.1 Å². The van der Waals surface area contributed by atoms with Crippen molar-refractivity contribution in [3.8, 4) is 0 Å². The molecule has 0 radical (unpaired) electrons. The zero-order valence-electron chi connectivity index (χ0n) is 10.7. The first-order valence-corrected chi connectivity index (χ1v) is 6.16. The van der Waals surface area contributed by atoms with Crippen LogP contribution < -0.4 is 11.1 Å². The van der Waals surface area contributed by atoms with E-state index >= 15 is 0 Å². The largest absolute Gasteiger partial charge is 0.409 e. The topological polar surface area (TPSA) is 70.6 Å². The highest BCUT2D eigenvalue weighted by atomic mass is 16.4. The lowest BCUT2D eigenvalue weighted by Crippen LogP contribution is -2.32. The highest BCUT2D eigenvalue weighted by Gasteiger charge is 2.31. The van der Waals surface area contributed by atoms with Crippen molar-refractivity contribution in [2.45, 2.75) is 40.0 Å². The molecule has 94 valence electrons. The molecule has 1 saturated carbocycles. The molecule has 4 N–H and O–H groups in total. The van der Waals surface area contributed by atoms with Crippen LogP contribution in [0.2, 0.25) is 0 Å². The highest BCUT2D eigenvalue weighted by molar-refractivity contribution is 5.85. The minimum absolute atomic E-state index is 0.205. The molecule has 1 rings (SSSR count). The molecule has 1 aliphatic carbocycles. The lowest BCUT2D eigenvalue weighted by Gasteiger charge is -2.22. The normalized spacial score (nSPS) is 25.8. The Hall–Kier alpha value is -0.770. The minimum atomic E-state index is -0.205. The van der Waals surface area contributed by atoms with Gasteiger partial charge in [-0.2, -0.15) is 0 Å². The average molecular weight is 227 g/mol. The molecule has 0 aromatic rings. The van der Waals surface area contributed by atoms with E-state index in [2.05, 4.69) is 17.4 Å². The van der Waals surface area contributed by atoms with Crippen molar-refractivity contribution < 1.29 is 5.21 Å². The van der Waals surface area contributed by atoms with Crippen LogP contribution in [0.3, 0.4) is 0 Å². The van der Waals surface area contributed by atoms with Crippen molar-refractivity contribution >= 4 is 5.84 Å². The number of rotatable bonds is 7. The third kappa shape index (κ3) is 4.00. The van der Waals surface area contributed by atoms with E-state index in [1.165, 1.54) is 6.42 Å². The molecule has 1 fully saturated rings. The van der Waals surface area contributed by atoms with Gasteiger partial charge >= 0.3 is 0 Å². The van der Waals surface area contributed by atoms with Gasteiger partial charge in [-0.15, -0.1) is 0 Å². The minimum Gasteiger partial charge on any atom is -0.409 e. The summed E-state index contributed by atoms with van der Waals surface area (Å²) in [6, 6.07) is 0. The molecule has 1 aliphatic rings. The Morgan fingerprint density at radius 3 is 2.69 bits per heavy atom. The fourth-order valence-electron chi connectivity index (χ4n) is 1.89. The molecule has 0 heterocycles. The van der Waals surface area contributed by atoms with E-state index in [1.54, 1.807) is 0 Å². The van der Waals surface area contributed by atoms with E-state index in [0.29, 0.717) is 5.84 Å². The van der Waals surface area contributed by atoms with Crippen molar-refractivity contribution in [2.75, 3.05) is 13.1 Å². The van der Waals surface area contributed by atoms with Gasteiger partial charge in [-0.05, 0) is 44.2 Å². The molecule has 0 spiro atoms. The number of hydrogen-bond donors (Lipinski definition) is 3. The van der Waals surface area contributed by atoms with E-state index in [-0.39, 0.29) is 5.41 Å². The first-order valence-electron chi connectivity index (χ1n) is 6.16. The van der Waals surface area contributed by atoms with Crippen LogP contribution in [-0.2, 0) is 0 Å². The third-order valence-corrected chi connectivity index (χ3v) is 3.64. The van der Waals surface area contributed by atoms with Crippen LogP contribution in [0.25, 0.3) is 0 Å². The Morgan fingerprint density at radius 1 is 1.56 bits per heavy atom. The molecule has 0 bridgehead atoms. The molecule has 0 saturated heterocycles. The van der Waals surface area contributed by atoms with Gasteiger partial charge in [0.05, 0.1) is 0 Å². The van der Waals surface area contributed by atoms with Crippen LogP contribution in [0.5, 0.6) is 0 Å². The van der Waals surface area contributed by atoms with Gasteiger partial charge in [0.2, 0.25) is 0 Å². The van der Waals surface area contributed by atoms with Crippen LogP contribution in [0, 0.1) is 17.3 Å². The summed E-state index contributed by atoms with van der Waals surface area (Å²) in [5.74, 6) is 2.14. The van der Waals surface area contributed by atoms with Gasteiger partial charge in [-0.25, -0.2) is 0 Å². The first-order chi connectivity index (χ1) is 7.47. The quantitative estimate of drug-likeness (QED) is 0.204. The van der Waals surface area contributed by atoms with Gasteiger partial charge in [0.25, 0.3) is 0 Å². The SMILES string of the molecule is CC1CC1CNCCCC(C)(C)C(N)=NO. The summed E-state index contributed by atoms with van der Waals surface area (Å²) in [7, 11) is 0. The zero-order chi connectivity index (χ0) is 12.2. The number of nitrogens with two attached hydrogens (primary N) is 1. The maximum atomic E-state index is 8.63. The van der Waals surface area contributed by atoms with Crippen molar-refractivity contribution in [1.82, 2.24) is 5.32 Å². The summed E-state index contributed by atoms with van der Waals surface area (Å²) in [5, 5.41) is 15.2. The van der Waals surface area contributed by atoms with Gasteiger partial charge in [0.15, 0.2) is 0 Å². The Morgan fingerprint density at radius 2 is 2.19 bits per heavy atom. The fraction of sp³-hybridized carbons (Fsp3) is 0.917. The maximum absolute atomic E-state index is 8.63. The second-order valence-corrected chi connectivity index (χ2v) is 5.65. The second kappa shape index (κ2) is 5.53. The molecule has 0 aromatic carbocycles. The van der Waals surface area contributed by atoms with E-state index in [0.717, 1.165) is 37.8 Å². The summed E-state index contributed by atoms with van der Waals surface area (Å²) >= 11 is 0. The van der Waals surface area contributed by atoms with Crippen molar-refractivity contribution in [3.05, 3.63) is 0 Å². The molecule has 2 atom stereocenters. The lowest BCUT2D eigenvalue weighted by atomic mass is 9.86. The predicted octanol–water partition coefficient (Wildman–Crippen LogP) is 1.78. The Kier molecular flexibility index (Phi) is 4.59. The lowest BCUT2D eigenvalue weighted by molar-refractivity contribution is 0.304. The molecule has 0 aromatic heterocycles. The smallest absolute Gasteiger partial charge is 0.144 e. The van der Waals surface area contributed by atoms with E-state index < -0.39 is 0 Å². The summed E-state index contributed by atoms with van der Waals surface area (Å²) < 4.78 is 0. The average Bonchev–Trinajstić information content (AvgIpc) is 2.92. The molecule has 4 nitrogen and oxygen atoms in total. The van der Waals surface area contributed by atoms with Crippen LogP contribution >= 0.6 is 0 Å². The number of hydrogen-bond acceptors (Lipinski definition) is 3. The van der Waals surface area contributed by atoms with Crippen molar-refractivity contribution in [1.29, 1.82) is 0 Å². The molecule has 16 heavy (non-hydrogen) atoms. The van der Waals surface area contributed by atoms with Crippen molar-refractivity contribution in [3.63, 3.8) is 0 Å². The van der Waals surface area contributed by atoms with Crippen molar-refractivity contribution in [2.24, 2.45) is 28.1 Å². The summed E-state index contributed by atoms with van der Waals surface area (Å²) in [5.41, 5.74) is 5.42. The van der Waals surface area contributed by atoms with Gasteiger partial charge < -0.3 is 16.3 Å². The summed E-state index contributed by atoms with van der Waals surface area (Å²) in [4.78, 5) is 0. The molecule has 4 heteroatoms. The van der Waals surface area contributed by atoms with Gasteiger partial charge in [0, 0.05) is 5.41 Å². The van der Waals surface area contributed by atoms with Gasteiger partial charge in [0.1, 0.15) is 5.84 Å². The first kappa shape index (κ1) is 13.3. The fourth-order valence-corrected chi connectivity index (χ4v) is 1.89. The number of amidine groups is 1. The van der Waals surface area contributed by atoms with Gasteiger partial charge in [-0.1, -0.05) is 25.9 Å². The Labute approximate surface area is 98.3 Å². The third-order valence-electron chi connectivity index (χ3n) is 3.64. The van der Waals surface area contributed by atoms with E-state index in [9.17, 15) is 0 Å². The molecule has 0 aliphatic heterocycles. The molecular formula is C12H25N3O. The monoisotopic (exact) mass is 227 g/mol. The number of nitrogens with one attached hydrogen (secondary N) is 1. The van der Waals surface area contributed by atoms with E-state index in [1.807, 2.05) is 13.8 Å². The Balaban J connectivity index is 2.05. The van der Waals surface area contributed by atoms with Crippen LogP contribution in [0.1, 0.15) is 40.0 Å².